The highest BCUT2D eigenvalue weighted by Crippen LogP contribution is 2.19. The molecule has 0 saturated heterocycles. The molecule has 0 bridgehead atoms. The lowest BCUT2D eigenvalue weighted by atomic mass is 10.1. The lowest BCUT2D eigenvalue weighted by Crippen LogP contribution is -2.32. The second-order valence-corrected chi connectivity index (χ2v) is 16.5. The second-order valence-electron chi connectivity index (χ2n) is 16.5. The van der Waals surface area contributed by atoms with Crippen LogP contribution in [0.5, 0.6) is 11.5 Å². The maximum absolute atomic E-state index is 6.03. The third kappa shape index (κ3) is 20.8. The molecule has 0 radical (unpaired) electrons. The average molecular weight is 807 g/mol. The van der Waals surface area contributed by atoms with Gasteiger partial charge in [0.2, 0.25) is 0 Å². The van der Waals surface area contributed by atoms with Crippen LogP contribution in [0.2, 0.25) is 0 Å². The minimum Gasteiger partial charge on any atom is -0.494 e. The van der Waals surface area contributed by atoms with Gasteiger partial charge in [-0.2, -0.15) is 0 Å². The van der Waals surface area contributed by atoms with Gasteiger partial charge in [-0.05, 0) is 72.2 Å². The molecule has 0 spiro atoms. The first-order chi connectivity index (χ1) is 29.8. The van der Waals surface area contributed by atoms with E-state index in [9.17, 15) is 0 Å². The molecule has 318 valence electrons. The molecule has 2 heterocycles. The minimum atomic E-state index is 0.798. The smallest absolute Gasteiger partial charge is 0.168 e. The van der Waals surface area contributed by atoms with Crippen molar-refractivity contribution in [2.75, 3.05) is 13.2 Å². The number of pyridine rings is 2. The largest absolute Gasteiger partial charge is 0.494 e. The molecule has 60 heavy (non-hydrogen) atoms. The molecule has 4 nitrogen and oxygen atoms in total. The zero-order valence-corrected chi connectivity index (χ0v) is 36.7. The first-order valence-electron chi connectivity index (χ1n) is 23.6. The molecule has 0 atom stereocenters. The quantitative estimate of drug-likeness (QED) is 0.0246. The van der Waals surface area contributed by atoms with Gasteiger partial charge in [0.05, 0.1) is 13.2 Å². The van der Waals surface area contributed by atoms with E-state index in [-0.39, 0.29) is 0 Å². The molecule has 0 fully saturated rings. The number of hydrogen-bond acceptors (Lipinski definition) is 2. The Hall–Kier alpha value is -4.96. The van der Waals surface area contributed by atoms with Crippen LogP contribution < -0.4 is 18.6 Å². The summed E-state index contributed by atoms with van der Waals surface area (Å²) in [4.78, 5) is 0. The third-order valence-corrected chi connectivity index (χ3v) is 11.3. The van der Waals surface area contributed by atoms with Crippen molar-refractivity contribution in [3.63, 3.8) is 0 Å². The van der Waals surface area contributed by atoms with E-state index in [2.05, 4.69) is 167 Å². The summed E-state index contributed by atoms with van der Waals surface area (Å²) in [6, 6.07) is 38.2. The Morgan fingerprint density at radius 3 is 0.833 bits per heavy atom. The Morgan fingerprint density at radius 1 is 0.283 bits per heavy atom. The monoisotopic (exact) mass is 807 g/mol. The third-order valence-electron chi connectivity index (χ3n) is 11.3. The molecule has 4 heteroatoms. The number of unbranched alkanes of at least 4 members (excludes halogenated alkanes) is 18. The van der Waals surface area contributed by atoms with Crippen molar-refractivity contribution in [2.24, 2.45) is 0 Å². The molecule has 5 aromatic rings. The van der Waals surface area contributed by atoms with Crippen molar-refractivity contribution in [1.29, 1.82) is 0 Å². The Kier molecular flexibility index (Phi) is 23.2. The number of aromatic nitrogens is 2. The zero-order valence-electron chi connectivity index (χ0n) is 36.7. The summed E-state index contributed by atoms with van der Waals surface area (Å²) < 4.78 is 16.6. The maximum atomic E-state index is 6.03. The fraction of sp³-hybridized carbons (Fsp3) is 0.429. The van der Waals surface area contributed by atoms with Gasteiger partial charge in [-0.3, -0.25) is 0 Å². The molecule has 0 amide bonds. The number of hydrogen-bond donors (Lipinski definition) is 0. The highest BCUT2D eigenvalue weighted by atomic mass is 16.5. The number of benzene rings is 3. The van der Waals surface area contributed by atoms with E-state index in [0.717, 1.165) is 50.6 Å². The summed E-state index contributed by atoms with van der Waals surface area (Å²) >= 11 is 0. The fourth-order valence-electron chi connectivity index (χ4n) is 7.62. The SMILES string of the molecule is C(=Cc1ccc(OCCCCCCCCCCCC[n+]2ccccc2)cc1)c1ccc(C=Cc2ccc(OCCCCCCCCCCCC[n+]3ccccc3)cc2)cc1. The lowest BCUT2D eigenvalue weighted by Gasteiger charge is -2.07. The van der Waals surface area contributed by atoms with Crippen molar-refractivity contribution in [1.82, 2.24) is 0 Å². The van der Waals surface area contributed by atoms with Gasteiger partial charge < -0.3 is 9.47 Å². The van der Waals surface area contributed by atoms with Crippen LogP contribution in [0.1, 0.15) is 151 Å². The van der Waals surface area contributed by atoms with Gasteiger partial charge in [-0.25, -0.2) is 9.13 Å². The van der Waals surface area contributed by atoms with Crippen LogP contribution in [-0.4, -0.2) is 13.2 Å². The summed E-state index contributed by atoms with van der Waals surface area (Å²) in [6.45, 7) is 3.88. The molecule has 2 aromatic heterocycles. The van der Waals surface area contributed by atoms with Gasteiger partial charge in [0.1, 0.15) is 24.6 Å². The molecular formula is C56H74N2O2+2. The van der Waals surface area contributed by atoms with Crippen molar-refractivity contribution < 1.29 is 18.6 Å². The highest BCUT2D eigenvalue weighted by molar-refractivity contribution is 5.73. The summed E-state index contributed by atoms with van der Waals surface area (Å²) in [7, 11) is 0. The standard InChI is InChI=1S/C56H74N2O2/c1(5-9-13-19-43-57-45-21-17-22-46-57)3-7-11-15-25-49-59-55-39-35-53(36-40-55)33-31-51-27-29-52(30-28-51)32-34-54-37-41-56(42-38-54)60-50-26-16-12-8-4-2-6-10-14-20-44-58-47-23-18-24-48-58/h17-18,21-24,27-42,45-48H,1-16,19-20,25-26,43-44,49-50H2/q+2. The van der Waals surface area contributed by atoms with E-state index in [1.165, 1.54) is 138 Å². The number of aryl methyl sites for hydroxylation is 2. The molecule has 5 rings (SSSR count). The Bertz CT molecular complexity index is 1700. The summed E-state index contributed by atoms with van der Waals surface area (Å²) in [5.74, 6) is 1.91. The Labute approximate surface area is 364 Å². The van der Waals surface area contributed by atoms with E-state index in [4.69, 9.17) is 9.47 Å². The van der Waals surface area contributed by atoms with E-state index in [1.807, 2.05) is 0 Å². The van der Waals surface area contributed by atoms with Gasteiger partial charge >= 0.3 is 0 Å². The van der Waals surface area contributed by atoms with E-state index in [1.54, 1.807) is 0 Å². The van der Waals surface area contributed by atoms with E-state index < -0.39 is 0 Å². The predicted molar refractivity (Wildman–Crippen MR) is 254 cm³/mol. The summed E-state index contributed by atoms with van der Waals surface area (Å²) in [5.41, 5.74) is 4.73. The number of rotatable bonds is 32. The van der Waals surface area contributed by atoms with E-state index >= 15 is 0 Å². The van der Waals surface area contributed by atoms with Gasteiger partial charge in [0.15, 0.2) is 24.8 Å². The zero-order chi connectivity index (χ0) is 41.4. The van der Waals surface area contributed by atoms with Gasteiger partial charge in [-0.1, -0.05) is 175 Å². The Balaban J connectivity index is 0.830. The van der Waals surface area contributed by atoms with Gasteiger partial charge in [0, 0.05) is 37.1 Å². The molecule has 0 aliphatic rings. The van der Waals surface area contributed by atoms with Crippen LogP contribution >= 0.6 is 0 Å². The lowest BCUT2D eigenvalue weighted by molar-refractivity contribution is -0.697. The molecule has 0 unspecified atom stereocenters. The molecule has 0 N–H and O–H groups in total. The van der Waals surface area contributed by atoms with Gasteiger partial charge in [0.25, 0.3) is 0 Å². The highest BCUT2D eigenvalue weighted by Gasteiger charge is 2.01. The van der Waals surface area contributed by atoms with Crippen LogP contribution in [0, 0.1) is 0 Å². The minimum absolute atomic E-state index is 0.798. The number of ether oxygens (including phenoxy) is 2. The van der Waals surface area contributed by atoms with Crippen LogP contribution in [0.3, 0.4) is 0 Å². The molecular weight excluding hydrogens is 733 g/mol. The van der Waals surface area contributed by atoms with Crippen LogP contribution in [0.4, 0.5) is 0 Å². The predicted octanol–water partition coefficient (Wildman–Crippen LogP) is 14.6. The van der Waals surface area contributed by atoms with Crippen molar-refractivity contribution in [3.05, 3.63) is 156 Å². The second kappa shape index (κ2) is 30.1. The van der Waals surface area contributed by atoms with Crippen LogP contribution in [0.15, 0.2) is 134 Å². The van der Waals surface area contributed by atoms with Crippen molar-refractivity contribution in [2.45, 2.75) is 142 Å². The maximum Gasteiger partial charge on any atom is 0.168 e. The van der Waals surface area contributed by atoms with Crippen LogP contribution in [-0.2, 0) is 13.1 Å². The molecule has 0 saturated carbocycles. The summed E-state index contributed by atoms with van der Waals surface area (Å²) in [5, 5.41) is 0. The molecule has 0 aliphatic carbocycles. The molecule has 0 aliphatic heterocycles. The topological polar surface area (TPSA) is 26.2 Å². The number of nitrogens with zero attached hydrogens (tertiary/aromatic N) is 2. The summed E-state index contributed by atoms with van der Waals surface area (Å²) in [6.07, 6.45) is 43.7. The fourth-order valence-corrected chi connectivity index (χ4v) is 7.62. The van der Waals surface area contributed by atoms with Crippen molar-refractivity contribution >= 4 is 24.3 Å². The molecule has 3 aromatic carbocycles. The first-order valence-corrected chi connectivity index (χ1v) is 23.6. The Morgan fingerprint density at radius 2 is 0.533 bits per heavy atom. The van der Waals surface area contributed by atoms with E-state index in [0.29, 0.717) is 0 Å². The van der Waals surface area contributed by atoms with Gasteiger partial charge in [-0.15, -0.1) is 0 Å². The first kappa shape index (κ1) is 46.1. The van der Waals surface area contributed by atoms with Crippen LogP contribution in [0.25, 0.3) is 24.3 Å². The average Bonchev–Trinajstić information content (AvgIpc) is 3.30. The normalized spacial score (nSPS) is 11.5. The van der Waals surface area contributed by atoms with Crippen molar-refractivity contribution in [3.8, 4) is 11.5 Å².